The quantitative estimate of drug-likeness (QED) is 0.376. The summed E-state index contributed by atoms with van der Waals surface area (Å²) in [5.41, 5.74) is 2.94. The fourth-order valence-electron chi connectivity index (χ4n) is 3.93. The van der Waals surface area contributed by atoms with Crippen molar-refractivity contribution in [3.05, 3.63) is 79.1 Å². The molecule has 1 aliphatic rings. The molecule has 2 aromatic heterocycles. The van der Waals surface area contributed by atoms with Crippen LogP contribution in [0, 0.1) is 5.82 Å². The van der Waals surface area contributed by atoms with Gasteiger partial charge in [-0.1, -0.05) is 12.6 Å². The van der Waals surface area contributed by atoms with E-state index in [0.717, 1.165) is 37.9 Å². The molecule has 1 fully saturated rings. The zero-order valence-corrected chi connectivity index (χ0v) is 19.8. The van der Waals surface area contributed by atoms with Crippen LogP contribution >= 0.6 is 0 Å². The fraction of sp³-hybridized carbons (Fsp3) is 0.192. The largest absolute Gasteiger partial charge is 0.436 e. The molecule has 10 heteroatoms. The highest BCUT2D eigenvalue weighted by molar-refractivity contribution is 5.98. The van der Waals surface area contributed by atoms with Gasteiger partial charge in [0.15, 0.2) is 17.2 Å². The number of hydrogen-bond acceptors (Lipinski definition) is 7. The molecule has 184 valence electrons. The first-order chi connectivity index (χ1) is 17.5. The number of nitrogens with one attached hydrogen (secondary N) is 2. The fourth-order valence-corrected chi connectivity index (χ4v) is 3.93. The van der Waals surface area contributed by atoms with Gasteiger partial charge < -0.3 is 25.2 Å². The highest BCUT2D eigenvalue weighted by atomic mass is 19.1. The van der Waals surface area contributed by atoms with Crippen LogP contribution in [0.3, 0.4) is 0 Å². The Balaban J connectivity index is 1.33. The van der Waals surface area contributed by atoms with E-state index in [0.29, 0.717) is 17.3 Å². The zero-order valence-electron chi connectivity index (χ0n) is 19.8. The van der Waals surface area contributed by atoms with Gasteiger partial charge in [0.05, 0.1) is 0 Å². The molecule has 0 spiro atoms. The first-order valence-corrected chi connectivity index (χ1v) is 11.6. The number of pyridine rings is 1. The maximum atomic E-state index is 14.4. The van der Waals surface area contributed by atoms with Crippen LogP contribution in [0.2, 0.25) is 0 Å². The van der Waals surface area contributed by atoms with Crippen LogP contribution in [0.1, 0.15) is 0 Å². The minimum atomic E-state index is -0.581. The number of likely N-dealkylation sites (N-methyl/N-ethyl adjacent to an activating group) is 1. The van der Waals surface area contributed by atoms with Crippen molar-refractivity contribution in [1.29, 1.82) is 0 Å². The van der Waals surface area contributed by atoms with Crippen LogP contribution in [0.15, 0.2) is 73.3 Å². The molecule has 4 aromatic rings. The van der Waals surface area contributed by atoms with E-state index in [-0.39, 0.29) is 11.6 Å². The summed E-state index contributed by atoms with van der Waals surface area (Å²) in [6.45, 7) is 7.52. The van der Waals surface area contributed by atoms with E-state index in [1.54, 1.807) is 18.2 Å². The molecule has 3 heterocycles. The first-order valence-electron chi connectivity index (χ1n) is 11.6. The third kappa shape index (κ3) is 5.13. The molecule has 0 bridgehead atoms. The second kappa shape index (κ2) is 10.0. The number of amides is 1. The number of aromatic nitrogens is 3. The molecule has 1 aliphatic heterocycles. The van der Waals surface area contributed by atoms with Gasteiger partial charge in [0.25, 0.3) is 0 Å². The van der Waals surface area contributed by atoms with Crippen LogP contribution < -0.4 is 20.3 Å². The van der Waals surface area contributed by atoms with E-state index in [2.05, 4.69) is 56.3 Å². The molecule has 2 aromatic carbocycles. The van der Waals surface area contributed by atoms with Gasteiger partial charge in [0.1, 0.15) is 0 Å². The highest BCUT2D eigenvalue weighted by Gasteiger charge is 2.15. The number of ether oxygens (including phenoxy) is 1. The Morgan fingerprint density at radius 3 is 2.56 bits per heavy atom. The average molecular weight is 488 g/mol. The van der Waals surface area contributed by atoms with Gasteiger partial charge >= 0.3 is 0 Å². The molecule has 1 amide bonds. The predicted molar refractivity (Wildman–Crippen MR) is 138 cm³/mol. The molecular formula is C26H26FN7O2. The minimum absolute atomic E-state index is 0.0612. The van der Waals surface area contributed by atoms with Crippen molar-refractivity contribution in [3.8, 4) is 11.6 Å². The maximum absolute atomic E-state index is 14.4. The lowest BCUT2D eigenvalue weighted by Crippen LogP contribution is -2.44. The molecule has 0 aliphatic carbocycles. The van der Waals surface area contributed by atoms with Gasteiger partial charge in [-0.2, -0.15) is 9.50 Å². The summed E-state index contributed by atoms with van der Waals surface area (Å²) in [6, 6.07) is 17.4. The standard InChI is InChI=1S/C26H26FN7O2/c1-3-24(35)28-19-9-12-21(27)22(17-19)36-25-6-4-5-23-30-26(31-34(23)25)29-18-7-10-20(11-8-18)33-15-13-32(2)14-16-33/h3-12,17H,1,13-16H2,2H3,(H,28,35)(H,29,31). The average Bonchev–Trinajstić information content (AvgIpc) is 3.30. The number of nitrogens with zero attached hydrogens (tertiary/aromatic N) is 5. The highest BCUT2D eigenvalue weighted by Crippen LogP contribution is 2.28. The zero-order chi connectivity index (χ0) is 25.1. The Hall–Kier alpha value is -4.44. The van der Waals surface area contributed by atoms with E-state index >= 15 is 0 Å². The molecular weight excluding hydrogens is 461 g/mol. The van der Waals surface area contributed by atoms with Gasteiger partial charge in [-0.15, -0.1) is 5.10 Å². The van der Waals surface area contributed by atoms with Crippen LogP contribution in [-0.2, 0) is 4.79 Å². The van der Waals surface area contributed by atoms with Crippen molar-refractivity contribution in [2.75, 3.05) is 48.8 Å². The van der Waals surface area contributed by atoms with Crippen molar-refractivity contribution in [2.45, 2.75) is 0 Å². The van der Waals surface area contributed by atoms with E-state index in [1.165, 1.54) is 28.4 Å². The molecule has 0 radical (unpaired) electrons. The van der Waals surface area contributed by atoms with Crippen LogP contribution in [0.25, 0.3) is 5.65 Å². The summed E-state index contributed by atoms with van der Waals surface area (Å²) in [5.74, 6) is -0.398. The number of fused-ring (bicyclic) bond motifs is 1. The maximum Gasteiger partial charge on any atom is 0.247 e. The lowest BCUT2D eigenvalue weighted by molar-refractivity contribution is -0.111. The monoisotopic (exact) mass is 487 g/mol. The minimum Gasteiger partial charge on any atom is -0.436 e. The van der Waals surface area contributed by atoms with Gasteiger partial charge in [-0.3, -0.25) is 4.79 Å². The van der Waals surface area contributed by atoms with Gasteiger partial charge in [-0.25, -0.2) is 4.39 Å². The van der Waals surface area contributed by atoms with E-state index < -0.39 is 11.7 Å². The Morgan fingerprint density at radius 1 is 1.06 bits per heavy atom. The number of benzene rings is 2. The summed E-state index contributed by atoms with van der Waals surface area (Å²) in [5, 5.41) is 10.3. The van der Waals surface area contributed by atoms with Crippen molar-refractivity contribution in [1.82, 2.24) is 19.5 Å². The van der Waals surface area contributed by atoms with Crippen LogP contribution in [0.5, 0.6) is 11.6 Å². The lowest BCUT2D eigenvalue weighted by atomic mass is 10.2. The number of rotatable bonds is 7. The summed E-state index contributed by atoms with van der Waals surface area (Å²) < 4.78 is 21.7. The Morgan fingerprint density at radius 2 is 1.81 bits per heavy atom. The normalized spacial score (nSPS) is 14.0. The predicted octanol–water partition coefficient (Wildman–Crippen LogP) is 4.28. The SMILES string of the molecule is C=CC(=O)Nc1ccc(F)c(Oc2cccc3nc(Nc4ccc(N5CCN(C)CC5)cc4)nn23)c1. The molecule has 1 saturated heterocycles. The number of piperazine rings is 1. The molecule has 2 N–H and O–H groups in total. The molecule has 9 nitrogen and oxygen atoms in total. The Labute approximate surface area is 207 Å². The van der Waals surface area contributed by atoms with E-state index in [4.69, 9.17) is 4.74 Å². The summed E-state index contributed by atoms with van der Waals surface area (Å²) in [7, 11) is 2.14. The van der Waals surface area contributed by atoms with Gasteiger partial charge in [0, 0.05) is 55.4 Å². The molecule has 0 atom stereocenters. The van der Waals surface area contributed by atoms with Crippen molar-refractivity contribution in [3.63, 3.8) is 0 Å². The van der Waals surface area contributed by atoms with E-state index in [1.807, 2.05) is 12.1 Å². The van der Waals surface area contributed by atoms with Crippen molar-refractivity contribution < 1.29 is 13.9 Å². The second-order valence-electron chi connectivity index (χ2n) is 8.47. The number of hydrogen-bond donors (Lipinski definition) is 2. The van der Waals surface area contributed by atoms with Gasteiger partial charge in [0.2, 0.25) is 17.7 Å². The Kier molecular flexibility index (Phi) is 6.50. The number of carbonyl (C=O) groups excluding carboxylic acids is 1. The third-order valence-electron chi connectivity index (χ3n) is 5.92. The van der Waals surface area contributed by atoms with Crippen molar-refractivity contribution >= 4 is 34.6 Å². The molecule has 0 saturated carbocycles. The topological polar surface area (TPSA) is 87.0 Å². The number of carbonyl (C=O) groups is 1. The molecule has 0 unspecified atom stereocenters. The number of anilines is 4. The summed E-state index contributed by atoms with van der Waals surface area (Å²) in [6.07, 6.45) is 1.13. The van der Waals surface area contributed by atoms with E-state index in [9.17, 15) is 9.18 Å². The lowest BCUT2D eigenvalue weighted by Gasteiger charge is -2.34. The Bertz CT molecular complexity index is 1400. The first kappa shape index (κ1) is 23.3. The van der Waals surface area contributed by atoms with Crippen LogP contribution in [-0.4, -0.2) is 58.6 Å². The van der Waals surface area contributed by atoms with Crippen molar-refractivity contribution in [2.24, 2.45) is 0 Å². The number of halogens is 1. The molecule has 5 rings (SSSR count). The van der Waals surface area contributed by atoms with Gasteiger partial charge in [-0.05, 0) is 55.6 Å². The second-order valence-corrected chi connectivity index (χ2v) is 8.47. The summed E-state index contributed by atoms with van der Waals surface area (Å²) >= 11 is 0. The molecule has 36 heavy (non-hydrogen) atoms. The summed E-state index contributed by atoms with van der Waals surface area (Å²) in [4.78, 5) is 20.8. The smallest absolute Gasteiger partial charge is 0.247 e. The third-order valence-corrected chi connectivity index (χ3v) is 5.92. The van der Waals surface area contributed by atoms with Crippen LogP contribution in [0.4, 0.5) is 27.4 Å².